The lowest BCUT2D eigenvalue weighted by atomic mass is 9.90. The Morgan fingerprint density at radius 3 is 1.91 bits per heavy atom. The molecule has 2 nitrogen and oxygen atoms in total. The first-order chi connectivity index (χ1) is 27.3. The zero-order chi connectivity index (χ0) is 36.3. The molecule has 0 radical (unpaired) electrons. The van der Waals surface area contributed by atoms with Gasteiger partial charge in [0.15, 0.2) is 0 Å². The van der Waals surface area contributed by atoms with Crippen molar-refractivity contribution in [3.63, 3.8) is 0 Å². The van der Waals surface area contributed by atoms with Crippen LogP contribution in [-0.4, -0.2) is 0 Å². The molecule has 0 spiro atoms. The van der Waals surface area contributed by atoms with Crippen molar-refractivity contribution in [2.45, 2.75) is 0 Å². The number of rotatable bonds is 6. The topological polar surface area (TPSA) is 16.4 Å². The number of thiophene rings is 1. The van der Waals surface area contributed by atoms with Gasteiger partial charge in [-0.05, 0) is 87.1 Å². The van der Waals surface area contributed by atoms with Gasteiger partial charge in [-0.25, -0.2) is 0 Å². The minimum Gasteiger partial charge on any atom is -0.456 e. The molecular formula is C52H33NOS. The number of anilines is 3. The molecule has 0 fully saturated rings. The van der Waals surface area contributed by atoms with Crippen LogP contribution >= 0.6 is 11.3 Å². The fraction of sp³-hybridized carbons (Fsp3) is 0. The number of hydrogen-bond acceptors (Lipinski definition) is 3. The molecule has 55 heavy (non-hydrogen) atoms. The van der Waals surface area contributed by atoms with Crippen molar-refractivity contribution in [3.8, 4) is 33.4 Å². The molecule has 0 saturated carbocycles. The molecule has 9 aromatic carbocycles. The quantitative estimate of drug-likeness (QED) is 0.170. The summed E-state index contributed by atoms with van der Waals surface area (Å²) >= 11 is 1.88. The van der Waals surface area contributed by atoms with Gasteiger partial charge in [0.25, 0.3) is 0 Å². The highest BCUT2D eigenvalue weighted by molar-refractivity contribution is 7.26. The van der Waals surface area contributed by atoms with Crippen LogP contribution in [0.3, 0.4) is 0 Å². The third-order valence-corrected chi connectivity index (χ3v) is 12.1. The summed E-state index contributed by atoms with van der Waals surface area (Å²) in [6, 6.07) is 72.2. The zero-order valence-electron chi connectivity index (χ0n) is 29.8. The molecule has 0 atom stereocenters. The van der Waals surface area contributed by atoms with Crippen molar-refractivity contribution in [2.24, 2.45) is 0 Å². The Balaban J connectivity index is 1.20. The molecule has 0 aliphatic rings. The summed E-state index contributed by atoms with van der Waals surface area (Å²) in [6.07, 6.45) is 0. The van der Waals surface area contributed by atoms with E-state index in [2.05, 4.69) is 199 Å². The first kappa shape index (κ1) is 31.6. The number of nitrogens with zero attached hydrogens (tertiary/aromatic N) is 1. The third kappa shape index (κ3) is 5.24. The average molecular weight is 720 g/mol. The van der Waals surface area contributed by atoms with Crippen LogP contribution < -0.4 is 4.90 Å². The van der Waals surface area contributed by atoms with E-state index in [-0.39, 0.29) is 0 Å². The summed E-state index contributed by atoms with van der Waals surface area (Å²) in [5.74, 6) is 0. The Bertz CT molecular complexity index is 3200. The van der Waals surface area contributed by atoms with Gasteiger partial charge in [0.1, 0.15) is 11.2 Å². The second-order valence-electron chi connectivity index (χ2n) is 14.0. The predicted molar refractivity (Wildman–Crippen MR) is 235 cm³/mol. The summed E-state index contributed by atoms with van der Waals surface area (Å²) in [6.45, 7) is 0. The lowest BCUT2D eigenvalue weighted by Crippen LogP contribution is -2.10. The molecule has 0 unspecified atom stereocenters. The van der Waals surface area contributed by atoms with Gasteiger partial charge in [0.05, 0.1) is 11.1 Å². The molecular weight excluding hydrogens is 687 g/mol. The second kappa shape index (κ2) is 12.9. The first-order valence-electron chi connectivity index (χ1n) is 18.7. The highest BCUT2D eigenvalue weighted by Gasteiger charge is 2.22. The second-order valence-corrected chi connectivity index (χ2v) is 15.1. The molecule has 0 bridgehead atoms. The number of para-hydroxylation sites is 1. The van der Waals surface area contributed by atoms with Gasteiger partial charge in [-0.3, -0.25) is 0 Å². The largest absolute Gasteiger partial charge is 0.456 e. The number of hydrogen-bond donors (Lipinski definition) is 0. The zero-order valence-corrected chi connectivity index (χ0v) is 30.6. The average Bonchev–Trinajstić information content (AvgIpc) is 3.83. The predicted octanol–water partition coefficient (Wildman–Crippen LogP) is 15.6. The molecule has 3 heteroatoms. The normalized spacial score (nSPS) is 11.6. The Kier molecular flexibility index (Phi) is 7.39. The SMILES string of the molecule is c1ccc(-c2ccc(N(c3ccc(-c4cccc5ccccc45)c(-c4cccc5c4sc4ccccc45)c3)c3cccc4oc5ccccc5c34)cc2)cc1. The maximum atomic E-state index is 6.45. The highest BCUT2D eigenvalue weighted by atomic mass is 32.1. The van der Waals surface area contributed by atoms with Gasteiger partial charge in [-0.15, -0.1) is 11.3 Å². The molecule has 0 saturated heterocycles. The lowest BCUT2D eigenvalue weighted by molar-refractivity contribution is 0.669. The summed E-state index contributed by atoms with van der Waals surface area (Å²) in [5.41, 5.74) is 12.2. The maximum Gasteiger partial charge on any atom is 0.137 e. The van der Waals surface area contributed by atoms with Crippen LogP contribution in [0.25, 0.3) is 86.3 Å². The summed E-state index contributed by atoms with van der Waals surface area (Å²) in [7, 11) is 0. The van der Waals surface area contributed by atoms with E-state index in [0.717, 1.165) is 39.0 Å². The lowest BCUT2D eigenvalue weighted by Gasteiger charge is -2.28. The van der Waals surface area contributed by atoms with Crippen LogP contribution in [0.15, 0.2) is 205 Å². The van der Waals surface area contributed by atoms with Crippen molar-refractivity contribution in [1.29, 1.82) is 0 Å². The van der Waals surface area contributed by atoms with E-state index >= 15 is 0 Å². The molecule has 0 aliphatic heterocycles. The first-order valence-corrected chi connectivity index (χ1v) is 19.5. The minimum absolute atomic E-state index is 0.868. The minimum atomic E-state index is 0.868. The van der Waals surface area contributed by atoms with E-state index in [1.165, 1.54) is 64.3 Å². The van der Waals surface area contributed by atoms with E-state index in [1.54, 1.807) is 0 Å². The smallest absolute Gasteiger partial charge is 0.137 e. The highest BCUT2D eigenvalue weighted by Crippen LogP contribution is 2.48. The Morgan fingerprint density at radius 1 is 0.382 bits per heavy atom. The number of benzene rings is 9. The van der Waals surface area contributed by atoms with E-state index in [0.29, 0.717) is 0 Å². The van der Waals surface area contributed by atoms with E-state index in [1.807, 2.05) is 17.4 Å². The Morgan fingerprint density at radius 2 is 1.02 bits per heavy atom. The number of furan rings is 1. The van der Waals surface area contributed by atoms with E-state index < -0.39 is 0 Å². The van der Waals surface area contributed by atoms with Crippen LogP contribution in [0.1, 0.15) is 0 Å². The molecule has 0 amide bonds. The van der Waals surface area contributed by atoms with Gasteiger partial charge >= 0.3 is 0 Å². The van der Waals surface area contributed by atoms with Gasteiger partial charge in [-0.1, -0.05) is 152 Å². The fourth-order valence-corrected chi connectivity index (χ4v) is 9.58. The summed E-state index contributed by atoms with van der Waals surface area (Å²) in [4.78, 5) is 2.40. The van der Waals surface area contributed by atoms with Gasteiger partial charge in [-0.2, -0.15) is 0 Å². The van der Waals surface area contributed by atoms with Crippen LogP contribution in [0, 0.1) is 0 Å². The van der Waals surface area contributed by atoms with Crippen LogP contribution in [0.4, 0.5) is 17.1 Å². The monoisotopic (exact) mass is 719 g/mol. The van der Waals surface area contributed by atoms with Crippen molar-refractivity contribution >= 4 is 81.3 Å². The van der Waals surface area contributed by atoms with Crippen molar-refractivity contribution in [3.05, 3.63) is 200 Å². The fourth-order valence-electron chi connectivity index (χ4n) is 8.35. The Labute approximate surface area is 322 Å². The van der Waals surface area contributed by atoms with Crippen LogP contribution in [0.5, 0.6) is 0 Å². The summed E-state index contributed by atoms with van der Waals surface area (Å²) < 4.78 is 9.05. The van der Waals surface area contributed by atoms with Crippen molar-refractivity contribution in [2.75, 3.05) is 4.90 Å². The molecule has 0 N–H and O–H groups in total. The van der Waals surface area contributed by atoms with Crippen LogP contribution in [0.2, 0.25) is 0 Å². The standard InChI is InChI=1S/C52H33NOS/c1-2-13-34(14-3-1)35-27-29-37(30-28-35)53(47-23-12-25-49-51(47)45-19-6-8-24-48(45)54-49)38-31-32-41(40-20-10-16-36-15-4-5-17-39(36)40)46(33-38)44-22-11-21-43-42-18-7-9-26-50(42)55-52(43)44/h1-33H. The van der Waals surface area contributed by atoms with Crippen molar-refractivity contribution in [1.82, 2.24) is 0 Å². The summed E-state index contributed by atoms with van der Waals surface area (Å²) in [5, 5.41) is 7.25. The Hall–Kier alpha value is -6.94. The molecule has 258 valence electrons. The molecule has 2 aromatic heterocycles. The van der Waals surface area contributed by atoms with Gasteiger partial charge in [0.2, 0.25) is 0 Å². The molecule has 0 aliphatic carbocycles. The molecule has 2 heterocycles. The van der Waals surface area contributed by atoms with E-state index in [4.69, 9.17) is 4.42 Å². The van der Waals surface area contributed by atoms with E-state index in [9.17, 15) is 0 Å². The third-order valence-electron chi connectivity index (χ3n) is 10.9. The van der Waals surface area contributed by atoms with Gasteiger partial charge < -0.3 is 9.32 Å². The number of fused-ring (bicyclic) bond motifs is 7. The van der Waals surface area contributed by atoms with Gasteiger partial charge in [0, 0.05) is 42.5 Å². The molecule has 11 aromatic rings. The maximum absolute atomic E-state index is 6.45. The van der Waals surface area contributed by atoms with Crippen LogP contribution in [-0.2, 0) is 0 Å². The van der Waals surface area contributed by atoms with Crippen molar-refractivity contribution < 1.29 is 4.42 Å². The molecule has 11 rings (SSSR count).